The molecule has 2 atom stereocenters. The Balaban J connectivity index is 1.87. The Labute approximate surface area is 124 Å². The first kappa shape index (κ1) is 14.2. The van der Waals surface area contributed by atoms with E-state index >= 15 is 0 Å². The van der Waals surface area contributed by atoms with E-state index in [4.69, 9.17) is 0 Å². The van der Waals surface area contributed by atoms with E-state index in [1.54, 1.807) is 10.5 Å². The van der Waals surface area contributed by atoms with Crippen molar-refractivity contribution in [3.8, 4) is 0 Å². The molecule has 3 rings (SSSR count). The molecule has 2 unspecified atom stereocenters. The largest absolute Gasteiger partial charge is 0.309 e. The van der Waals surface area contributed by atoms with E-state index in [1.165, 1.54) is 0 Å². The van der Waals surface area contributed by atoms with Crippen molar-refractivity contribution in [2.45, 2.75) is 39.4 Å². The van der Waals surface area contributed by atoms with Crippen LogP contribution in [0.3, 0.4) is 0 Å². The smallest absolute Gasteiger partial charge is 0.258 e. The van der Waals surface area contributed by atoms with E-state index < -0.39 is 0 Å². The van der Waals surface area contributed by atoms with Crippen molar-refractivity contribution in [1.29, 1.82) is 0 Å². The molecule has 112 valence electrons. The predicted octanol–water partition coefficient (Wildman–Crippen LogP) is 1.19. The Hall–Kier alpha value is -1.72. The minimum atomic E-state index is -0.00469. The highest BCUT2D eigenvalue weighted by Gasteiger charge is 2.21. The Morgan fingerprint density at radius 3 is 2.71 bits per heavy atom. The maximum atomic E-state index is 12.2. The Morgan fingerprint density at radius 1 is 1.29 bits per heavy atom. The van der Waals surface area contributed by atoms with Crippen molar-refractivity contribution in [2.24, 2.45) is 0 Å². The summed E-state index contributed by atoms with van der Waals surface area (Å²) < 4.78 is 1.61. The first-order valence-corrected chi connectivity index (χ1v) is 7.48. The van der Waals surface area contributed by atoms with Gasteiger partial charge in [0.2, 0.25) is 0 Å². The number of nitrogens with zero attached hydrogens (tertiary/aromatic N) is 3. The molecule has 0 aliphatic carbocycles. The summed E-state index contributed by atoms with van der Waals surface area (Å²) >= 11 is 0. The third kappa shape index (κ3) is 3.14. The molecule has 0 amide bonds. The van der Waals surface area contributed by atoms with Crippen LogP contribution in [0.15, 0.2) is 29.2 Å². The highest BCUT2D eigenvalue weighted by Crippen LogP contribution is 2.09. The van der Waals surface area contributed by atoms with Crippen molar-refractivity contribution >= 4 is 5.65 Å². The van der Waals surface area contributed by atoms with Crippen LogP contribution in [0.25, 0.3) is 5.65 Å². The normalized spacial score (nSPS) is 23.6. The van der Waals surface area contributed by atoms with Crippen LogP contribution < -0.4 is 10.9 Å². The number of nitrogens with one attached hydrogen (secondary N) is 1. The lowest BCUT2D eigenvalue weighted by Crippen LogP contribution is -2.53. The topological polar surface area (TPSA) is 49.6 Å². The average molecular weight is 286 g/mol. The first-order valence-electron chi connectivity index (χ1n) is 7.48. The molecule has 0 spiro atoms. The Morgan fingerprint density at radius 2 is 2.00 bits per heavy atom. The third-order valence-electron chi connectivity index (χ3n) is 3.88. The molecular formula is C16H22N4O. The summed E-state index contributed by atoms with van der Waals surface area (Å²) in [6.45, 7) is 9.06. The summed E-state index contributed by atoms with van der Waals surface area (Å²) in [4.78, 5) is 19.2. The number of pyridine rings is 1. The van der Waals surface area contributed by atoms with Gasteiger partial charge >= 0.3 is 0 Å². The Bertz CT molecular complexity index is 699. The van der Waals surface area contributed by atoms with Gasteiger partial charge in [0.25, 0.3) is 5.56 Å². The summed E-state index contributed by atoms with van der Waals surface area (Å²) in [5.74, 6) is 0. The lowest BCUT2D eigenvalue weighted by Gasteiger charge is -2.35. The number of piperazine rings is 1. The van der Waals surface area contributed by atoms with Gasteiger partial charge < -0.3 is 5.32 Å². The van der Waals surface area contributed by atoms with Crippen molar-refractivity contribution in [1.82, 2.24) is 19.6 Å². The third-order valence-corrected chi connectivity index (χ3v) is 3.88. The first-order chi connectivity index (χ1) is 10.0. The van der Waals surface area contributed by atoms with Gasteiger partial charge in [0.1, 0.15) is 5.65 Å². The molecular weight excluding hydrogens is 264 g/mol. The monoisotopic (exact) mass is 286 g/mol. The molecule has 5 heteroatoms. The van der Waals surface area contributed by atoms with Gasteiger partial charge in [0.15, 0.2) is 0 Å². The van der Waals surface area contributed by atoms with Crippen LogP contribution in [-0.4, -0.2) is 39.5 Å². The second-order valence-electron chi connectivity index (χ2n) is 6.18. The standard InChI is InChI=1S/C16H22N4O/c1-11-4-5-15-18-14(6-16(21)20(15)7-11)10-19-8-12(2)17-13(3)9-19/h4-7,12-13,17H,8-10H2,1-3H3. The zero-order valence-corrected chi connectivity index (χ0v) is 12.8. The molecule has 2 aromatic rings. The number of fused-ring (bicyclic) bond motifs is 1. The van der Waals surface area contributed by atoms with E-state index in [-0.39, 0.29) is 5.56 Å². The molecule has 0 aromatic carbocycles. The fourth-order valence-corrected chi connectivity index (χ4v) is 3.14. The number of rotatable bonds is 2. The highest BCUT2D eigenvalue weighted by molar-refractivity contribution is 5.39. The summed E-state index contributed by atoms with van der Waals surface area (Å²) in [6.07, 6.45) is 1.84. The van der Waals surface area contributed by atoms with Crippen molar-refractivity contribution in [2.75, 3.05) is 13.1 Å². The molecule has 5 nitrogen and oxygen atoms in total. The second-order valence-corrected chi connectivity index (χ2v) is 6.18. The Kier molecular flexibility index (Phi) is 3.78. The zero-order valence-electron chi connectivity index (χ0n) is 12.8. The summed E-state index contributed by atoms with van der Waals surface area (Å²) in [5, 5.41) is 3.51. The van der Waals surface area contributed by atoms with Gasteiger partial charge in [-0.15, -0.1) is 0 Å². The summed E-state index contributed by atoms with van der Waals surface area (Å²) in [7, 11) is 0. The average Bonchev–Trinajstić information content (AvgIpc) is 2.38. The van der Waals surface area contributed by atoms with Crippen molar-refractivity contribution in [3.05, 3.63) is 46.0 Å². The van der Waals surface area contributed by atoms with E-state index in [0.29, 0.717) is 12.1 Å². The van der Waals surface area contributed by atoms with E-state index in [2.05, 4.69) is 29.0 Å². The molecule has 1 aliphatic rings. The molecule has 3 heterocycles. The van der Waals surface area contributed by atoms with Gasteiger partial charge in [-0.05, 0) is 32.4 Å². The van der Waals surface area contributed by atoms with Gasteiger partial charge in [-0.2, -0.15) is 0 Å². The molecule has 1 N–H and O–H groups in total. The second kappa shape index (κ2) is 5.58. The molecule has 0 radical (unpaired) electrons. The zero-order chi connectivity index (χ0) is 15.0. The van der Waals surface area contributed by atoms with Crippen molar-refractivity contribution in [3.63, 3.8) is 0 Å². The lowest BCUT2D eigenvalue weighted by molar-refractivity contribution is 0.165. The van der Waals surface area contributed by atoms with Crippen LogP contribution in [-0.2, 0) is 6.54 Å². The van der Waals surface area contributed by atoms with Gasteiger partial charge in [0, 0.05) is 44.0 Å². The number of hydrogen-bond acceptors (Lipinski definition) is 4. The molecule has 21 heavy (non-hydrogen) atoms. The quantitative estimate of drug-likeness (QED) is 0.901. The van der Waals surface area contributed by atoms with Crippen LogP contribution in [0, 0.1) is 6.92 Å². The highest BCUT2D eigenvalue weighted by atomic mass is 16.1. The van der Waals surface area contributed by atoms with Crippen LogP contribution in [0.2, 0.25) is 0 Å². The molecule has 2 aromatic heterocycles. The van der Waals surface area contributed by atoms with Gasteiger partial charge in [-0.1, -0.05) is 6.07 Å². The van der Waals surface area contributed by atoms with Gasteiger partial charge in [0.05, 0.1) is 5.69 Å². The minimum absolute atomic E-state index is 0.00469. The van der Waals surface area contributed by atoms with Crippen LogP contribution in [0.1, 0.15) is 25.1 Å². The predicted molar refractivity (Wildman–Crippen MR) is 83.5 cm³/mol. The summed E-state index contributed by atoms with van der Waals surface area (Å²) in [6, 6.07) is 6.49. The van der Waals surface area contributed by atoms with Crippen LogP contribution in [0.4, 0.5) is 0 Å². The molecule has 0 saturated carbocycles. The minimum Gasteiger partial charge on any atom is -0.309 e. The van der Waals surface area contributed by atoms with E-state index in [1.807, 2.05) is 25.3 Å². The molecule has 1 aliphatic heterocycles. The maximum absolute atomic E-state index is 12.2. The SMILES string of the molecule is Cc1ccc2nc(CN3CC(C)NC(C)C3)cc(=O)n2c1. The lowest BCUT2D eigenvalue weighted by atomic mass is 10.1. The van der Waals surface area contributed by atoms with Gasteiger partial charge in [-0.25, -0.2) is 4.98 Å². The van der Waals surface area contributed by atoms with Crippen molar-refractivity contribution < 1.29 is 0 Å². The fourth-order valence-electron chi connectivity index (χ4n) is 3.14. The maximum Gasteiger partial charge on any atom is 0.258 e. The van der Waals surface area contributed by atoms with Gasteiger partial charge in [-0.3, -0.25) is 14.1 Å². The molecule has 0 bridgehead atoms. The number of aryl methyl sites for hydroxylation is 1. The summed E-state index contributed by atoms with van der Waals surface area (Å²) in [5.41, 5.74) is 2.63. The fraction of sp³-hybridized carbons (Fsp3) is 0.500. The molecule has 1 fully saturated rings. The number of hydrogen-bond donors (Lipinski definition) is 1. The molecule has 1 saturated heterocycles. The van der Waals surface area contributed by atoms with Crippen LogP contribution >= 0.6 is 0 Å². The number of aromatic nitrogens is 2. The van der Waals surface area contributed by atoms with Crippen LogP contribution in [0.5, 0.6) is 0 Å². The van der Waals surface area contributed by atoms with E-state index in [9.17, 15) is 4.79 Å². The van der Waals surface area contributed by atoms with E-state index in [0.717, 1.165) is 36.5 Å².